The van der Waals surface area contributed by atoms with E-state index in [2.05, 4.69) is 37.9 Å². The highest BCUT2D eigenvalue weighted by molar-refractivity contribution is 7.19. The SMILES string of the molecule is O=C(Nc1nnc(NCCc2c[nH]c3ccccc23)s1)c1c(Cl)cccc1Cl. The highest BCUT2D eigenvalue weighted by Gasteiger charge is 2.16. The van der Waals surface area contributed by atoms with Crippen LogP contribution in [0.25, 0.3) is 10.9 Å². The molecule has 4 aromatic rings. The van der Waals surface area contributed by atoms with Crippen LogP contribution in [0.5, 0.6) is 0 Å². The van der Waals surface area contributed by atoms with Gasteiger partial charge in [-0.25, -0.2) is 0 Å². The van der Waals surface area contributed by atoms with Crippen LogP contribution in [-0.4, -0.2) is 27.6 Å². The highest BCUT2D eigenvalue weighted by Crippen LogP contribution is 2.27. The lowest BCUT2D eigenvalue weighted by Gasteiger charge is -2.05. The average molecular weight is 432 g/mol. The molecule has 0 unspecified atom stereocenters. The number of hydrogen-bond acceptors (Lipinski definition) is 5. The number of nitrogens with one attached hydrogen (secondary N) is 3. The molecule has 0 aliphatic heterocycles. The second kappa shape index (κ2) is 8.18. The number of carbonyl (C=O) groups is 1. The third kappa shape index (κ3) is 3.96. The topological polar surface area (TPSA) is 82.7 Å². The van der Waals surface area contributed by atoms with Gasteiger partial charge in [-0.05, 0) is 30.2 Å². The van der Waals surface area contributed by atoms with Gasteiger partial charge in [0.15, 0.2) is 0 Å². The van der Waals surface area contributed by atoms with Gasteiger partial charge in [0.05, 0.1) is 15.6 Å². The van der Waals surface area contributed by atoms with Gasteiger partial charge in [0, 0.05) is 23.6 Å². The lowest BCUT2D eigenvalue weighted by molar-refractivity contribution is 0.102. The summed E-state index contributed by atoms with van der Waals surface area (Å²) >= 11 is 13.4. The number of rotatable bonds is 6. The van der Waals surface area contributed by atoms with Crippen LogP contribution in [-0.2, 0) is 6.42 Å². The van der Waals surface area contributed by atoms with E-state index in [-0.39, 0.29) is 15.6 Å². The van der Waals surface area contributed by atoms with Crippen molar-refractivity contribution in [3.8, 4) is 0 Å². The Hall–Kier alpha value is -2.61. The fourth-order valence-electron chi connectivity index (χ4n) is 2.86. The van der Waals surface area contributed by atoms with Gasteiger partial charge in [0.25, 0.3) is 5.91 Å². The molecule has 0 bridgehead atoms. The molecule has 6 nitrogen and oxygen atoms in total. The van der Waals surface area contributed by atoms with E-state index in [1.807, 2.05) is 18.3 Å². The number of aromatic amines is 1. The van der Waals surface area contributed by atoms with Crippen molar-refractivity contribution in [3.05, 3.63) is 69.8 Å². The summed E-state index contributed by atoms with van der Waals surface area (Å²) in [6.45, 7) is 0.695. The largest absolute Gasteiger partial charge is 0.361 e. The van der Waals surface area contributed by atoms with Crippen LogP contribution < -0.4 is 10.6 Å². The molecule has 0 aliphatic carbocycles. The van der Waals surface area contributed by atoms with Crippen molar-refractivity contribution in [3.63, 3.8) is 0 Å². The number of H-pyrrole nitrogens is 1. The summed E-state index contributed by atoms with van der Waals surface area (Å²) in [5.74, 6) is -0.419. The molecule has 0 aliphatic rings. The van der Waals surface area contributed by atoms with Crippen LogP contribution in [0, 0.1) is 0 Å². The van der Waals surface area contributed by atoms with Gasteiger partial charge in [0.2, 0.25) is 10.3 Å². The number of fused-ring (bicyclic) bond motifs is 1. The zero-order chi connectivity index (χ0) is 19.5. The Kier molecular flexibility index (Phi) is 5.47. The van der Waals surface area contributed by atoms with E-state index in [0.29, 0.717) is 16.8 Å². The number of hydrogen-bond donors (Lipinski definition) is 3. The summed E-state index contributed by atoms with van der Waals surface area (Å²) in [5.41, 5.74) is 2.57. The molecule has 0 spiro atoms. The summed E-state index contributed by atoms with van der Waals surface area (Å²) in [7, 11) is 0. The minimum atomic E-state index is -0.419. The Labute approximate surface area is 174 Å². The quantitative estimate of drug-likeness (QED) is 0.390. The number of para-hydroxylation sites is 1. The van der Waals surface area contributed by atoms with Crippen molar-refractivity contribution in [2.75, 3.05) is 17.2 Å². The van der Waals surface area contributed by atoms with Gasteiger partial charge in [-0.15, -0.1) is 10.2 Å². The number of benzene rings is 2. The normalized spacial score (nSPS) is 10.9. The average Bonchev–Trinajstić information content (AvgIpc) is 3.29. The van der Waals surface area contributed by atoms with E-state index < -0.39 is 5.91 Å². The van der Waals surface area contributed by atoms with E-state index in [0.717, 1.165) is 11.9 Å². The number of nitrogens with zero attached hydrogens (tertiary/aromatic N) is 2. The van der Waals surface area contributed by atoms with Gasteiger partial charge in [-0.3, -0.25) is 10.1 Å². The molecule has 9 heteroatoms. The third-order valence-electron chi connectivity index (χ3n) is 4.18. The smallest absolute Gasteiger partial charge is 0.260 e. The van der Waals surface area contributed by atoms with Gasteiger partial charge >= 0.3 is 0 Å². The first-order valence-electron chi connectivity index (χ1n) is 8.49. The molecule has 0 fully saturated rings. The van der Waals surface area contributed by atoms with E-state index in [4.69, 9.17) is 23.2 Å². The molecular formula is C19H15Cl2N5OS. The molecule has 4 rings (SSSR count). The van der Waals surface area contributed by atoms with Crippen LogP contribution in [0.2, 0.25) is 10.0 Å². The van der Waals surface area contributed by atoms with Crippen molar-refractivity contribution in [2.24, 2.45) is 0 Å². The maximum absolute atomic E-state index is 12.4. The molecule has 2 aromatic heterocycles. The van der Waals surface area contributed by atoms with Crippen LogP contribution in [0.4, 0.5) is 10.3 Å². The molecule has 2 heterocycles. The number of amides is 1. The molecule has 2 aromatic carbocycles. The van der Waals surface area contributed by atoms with Gasteiger partial charge in [0.1, 0.15) is 0 Å². The molecular weight excluding hydrogens is 417 g/mol. The first-order chi connectivity index (χ1) is 13.6. The second-order valence-corrected chi connectivity index (χ2v) is 7.79. The van der Waals surface area contributed by atoms with E-state index in [1.54, 1.807) is 18.2 Å². The van der Waals surface area contributed by atoms with Crippen LogP contribution in [0.1, 0.15) is 15.9 Å². The predicted octanol–water partition coefficient (Wildman–Crippen LogP) is 5.23. The Bertz CT molecular complexity index is 1120. The summed E-state index contributed by atoms with van der Waals surface area (Å²) in [4.78, 5) is 15.7. The minimum absolute atomic E-state index is 0.217. The molecule has 0 atom stereocenters. The highest BCUT2D eigenvalue weighted by atomic mass is 35.5. The summed E-state index contributed by atoms with van der Waals surface area (Å²) in [6, 6.07) is 13.1. The van der Waals surface area contributed by atoms with Gasteiger partial charge in [-0.2, -0.15) is 0 Å². The van der Waals surface area contributed by atoms with Crippen molar-refractivity contribution in [2.45, 2.75) is 6.42 Å². The van der Waals surface area contributed by atoms with Crippen molar-refractivity contribution < 1.29 is 4.79 Å². The lowest BCUT2D eigenvalue weighted by atomic mass is 10.1. The Morgan fingerprint density at radius 3 is 2.61 bits per heavy atom. The zero-order valence-electron chi connectivity index (χ0n) is 14.5. The Morgan fingerprint density at radius 2 is 1.79 bits per heavy atom. The summed E-state index contributed by atoms with van der Waals surface area (Å²) in [6.07, 6.45) is 2.85. The van der Waals surface area contributed by atoms with Gasteiger partial charge < -0.3 is 10.3 Å². The molecule has 0 radical (unpaired) electrons. The van der Waals surface area contributed by atoms with Gasteiger partial charge in [-0.1, -0.05) is 58.8 Å². The molecule has 142 valence electrons. The predicted molar refractivity (Wildman–Crippen MR) is 115 cm³/mol. The number of aromatic nitrogens is 3. The second-order valence-electron chi connectivity index (χ2n) is 6.00. The monoisotopic (exact) mass is 431 g/mol. The lowest BCUT2D eigenvalue weighted by Crippen LogP contribution is -2.12. The van der Waals surface area contributed by atoms with Crippen molar-refractivity contribution in [1.82, 2.24) is 15.2 Å². The number of halogens is 2. The fraction of sp³-hybridized carbons (Fsp3) is 0.105. The summed E-state index contributed by atoms with van der Waals surface area (Å²) in [5, 5.41) is 16.7. The molecule has 0 saturated heterocycles. The first kappa shape index (κ1) is 18.7. The standard InChI is InChI=1S/C19H15Cl2N5OS/c20-13-5-3-6-14(21)16(13)17(27)24-19-26-25-18(28-19)22-9-8-11-10-23-15-7-2-1-4-12(11)15/h1-7,10,23H,8-9H2,(H,22,25)(H,24,26,27). The number of anilines is 2. The maximum Gasteiger partial charge on any atom is 0.260 e. The molecule has 3 N–H and O–H groups in total. The molecule has 1 amide bonds. The third-order valence-corrected chi connectivity index (χ3v) is 5.61. The van der Waals surface area contributed by atoms with Crippen LogP contribution in [0.3, 0.4) is 0 Å². The van der Waals surface area contributed by atoms with Crippen molar-refractivity contribution >= 4 is 61.6 Å². The van der Waals surface area contributed by atoms with E-state index in [1.165, 1.54) is 22.3 Å². The Morgan fingerprint density at radius 1 is 1.04 bits per heavy atom. The van der Waals surface area contributed by atoms with Crippen molar-refractivity contribution in [1.29, 1.82) is 0 Å². The fourth-order valence-corrected chi connectivity index (χ4v) is 4.10. The molecule has 28 heavy (non-hydrogen) atoms. The van der Waals surface area contributed by atoms with Crippen LogP contribution in [0.15, 0.2) is 48.7 Å². The Balaban J connectivity index is 1.36. The zero-order valence-corrected chi connectivity index (χ0v) is 16.8. The maximum atomic E-state index is 12.4. The van der Waals surface area contributed by atoms with E-state index >= 15 is 0 Å². The minimum Gasteiger partial charge on any atom is -0.361 e. The van der Waals surface area contributed by atoms with Crippen LogP contribution >= 0.6 is 34.5 Å². The first-order valence-corrected chi connectivity index (χ1v) is 10.1. The number of carbonyl (C=O) groups excluding carboxylic acids is 1. The summed E-state index contributed by atoms with van der Waals surface area (Å²) < 4.78 is 0. The molecule has 0 saturated carbocycles. The van der Waals surface area contributed by atoms with E-state index in [9.17, 15) is 4.79 Å².